The van der Waals surface area contributed by atoms with Crippen molar-refractivity contribution in [3.05, 3.63) is 36.3 Å². The number of pyridine rings is 1. The van der Waals surface area contributed by atoms with Gasteiger partial charge in [-0.1, -0.05) is 12.8 Å². The van der Waals surface area contributed by atoms with E-state index in [4.69, 9.17) is 0 Å². The fourth-order valence-electron chi connectivity index (χ4n) is 3.77. The number of hydrogen-bond donors (Lipinski definition) is 1. The molecule has 1 saturated carbocycles. The molecule has 0 atom stereocenters. The normalized spacial score (nSPS) is 16.7. The van der Waals surface area contributed by atoms with E-state index in [1.807, 2.05) is 14.1 Å². The van der Waals surface area contributed by atoms with Crippen LogP contribution in [0, 0.1) is 5.41 Å². The summed E-state index contributed by atoms with van der Waals surface area (Å²) in [6, 6.07) is 4.28. The van der Waals surface area contributed by atoms with Crippen molar-refractivity contribution in [2.24, 2.45) is 5.41 Å². The van der Waals surface area contributed by atoms with Crippen molar-refractivity contribution in [2.75, 3.05) is 32.5 Å². The summed E-state index contributed by atoms with van der Waals surface area (Å²) in [4.78, 5) is 14.1. The number of aromatic nitrogens is 3. The van der Waals surface area contributed by atoms with Gasteiger partial charge in [0, 0.05) is 42.5 Å². The average molecular weight is 379 g/mol. The lowest BCUT2D eigenvalue weighted by atomic mass is 9.85. The van der Waals surface area contributed by atoms with Gasteiger partial charge in [0.15, 0.2) is 11.5 Å². The summed E-state index contributed by atoms with van der Waals surface area (Å²) >= 11 is 0. The zero-order chi connectivity index (χ0) is 19.5. The minimum atomic E-state index is -4.54. The number of hydrogen-bond acceptors (Lipinski definition) is 5. The summed E-state index contributed by atoms with van der Waals surface area (Å²) in [6.07, 6.45) is 2.90. The SMILES string of the molecule is CN(C)CC1(CNc2cc(C(F)(F)F)nc(-c3cccnc3)n2)CCCC1. The second-order valence-corrected chi connectivity index (χ2v) is 7.50. The molecule has 2 heterocycles. The zero-order valence-electron chi connectivity index (χ0n) is 15.6. The van der Waals surface area contributed by atoms with E-state index >= 15 is 0 Å². The minimum absolute atomic E-state index is 0.0218. The second kappa shape index (κ2) is 7.80. The largest absolute Gasteiger partial charge is 0.433 e. The fourth-order valence-corrected chi connectivity index (χ4v) is 3.77. The molecule has 2 aromatic rings. The van der Waals surface area contributed by atoms with Crippen molar-refractivity contribution in [1.29, 1.82) is 0 Å². The monoisotopic (exact) mass is 379 g/mol. The third kappa shape index (κ3) is 4.94. The van der Waals surface area contributed by atoms with Gasteiger partial charge in [0.1, 0.15) is 5.82 Å². The van der Waals surface area contributed by atoms with Crippen LogP contribution in [0.15, 0.2) is 30.6 Å². The van der Waals surface area contributed by atoms with Crippen LogP contribution < -0.4 is 5.32 Å². The molecule has 0 amide bonds. The molecule has 5 nitrogen and oxygen atoms in total. The number of rotatable bonds is 6. The van der Waals surface area contributed by atoms with Crippen LogP contribution in [0.5, 0.6) is 0 Å². The molecule has 0 aliphatic heterocycles. The van der Waals surface area contributed by atoms with Gasteiger partial charge in [-0.3, -0.25) is 4.98 Å². The van der Waals surface area contributed by atoms with E-state index in [0.717, 1.165) is 38.3 Å². The maximum Gasteiger partial charge on any atom is 0.433 e. The van der Waals surface area contributed by atoms with E-state index in [2.05, 4.69) is 25.2 Å². The number of nitrogens with one attached hydrogen (secondary N) is 1. The van der Waals surface area contributed by atoms with Crippen LogP contribution >= 0.6 is 0 Å². The topological polar surface area (TPSA) is 53.9 Å². The predicted molar refractivity (Wildman–Crippen MR) is 98.2 cm³/mol. The van der Waals surface area contributed by atoms with E-state index < -0.39 is 11.9 Å². The molecule has 0 radical (unpaired) electrons. The Kier molecular flexibility index (Phi) is 5.64. The van der Waals surface area contributed by atoms with Crippen LogP contribution in [0.3, 0.4) is 0 Å². The molecular weight excluding hydrogens is 355 g/mol. The molecule has 0 saturated heterocycles. The van der Waals surface area contributed by atoms with Gasteiger partial charge >= 0.3 is 6.18 Å². The molecule has 8 heteroatoms. The van der Waals surface area contributed by atoms with Crippen LogP contribution in [0.4, 0.5) is 19.0 Å². The van der Waals surface area contributed by atoms with Crippen molar-refractivity contribution in [1.82, 2.24) is 19.9 Å². The number of halogens is 3. The summed E-state index contributed by atoms with van der Waals surface area (Å²) < 4.78 is 39.9. The third-order valence-electron chi connectivity index (χ3n) is 4.90. The molecule has 0 aromatic carbocycles. The van der Waals surface area contributed by atoms with Gasteiger partial charge in [-0.25, -0.2) is 9.97 Å². The lowest BCUT2D eigenvalue weighted by molar-refractivity contribution is -0.141. The molecule has 27 heavy (non-hydrogen) atoms. The molecule has 0 bridgehead atoms. The van der Waals surface area contributed by atoms with Gasteiger partial charge in [0.2, 0.25) is 0 Å². The van der Waals surface area contributed by atoms with Crippen LogP contribution in [0.1, 0.15) is 31.4 Å². The predicted octanol–water partition coefficient (Wildman–Crippen LogP) is 4.09. The highest BCUT2D eigenvalue weighted by Crippen LogP contribution is 2.39. The Balaban J connectivity index is 1.88. The first kappa shape index (κ1) is 19.5. The van der Waals surface area contributed by atoms with E-state index in [9.17, 15) is 13.2 Å². The number of anilines is 1. The standard InChI is InChI=1S/C19H24F3N5/c1-27(2)13-18(7-3-4-8-18)12-24-16-10-15(19(20,21)22)25-17(26-16)14-6-5-9-23-11-14/h5-6,9-11H,3-4,7-8,12-13H2,1-2H3,(H,24,25,26). The Morgan fingerprint density at radius 3 is 2.52 bits per heavy atom. The quantitative estimate of drug-likeness (QED) is 0.819. The van der Waals surface area contributed by atoms with Crippen molar-refractivity contribution in [3.63, 3.8) is 0 Å². The van der Waals surface area contributed by atoms with Gasteiger partial charge in [0.25, 0.3) is 0 Å². The highest BCUT2D eigenvalue weighted by atomic mass is 19.4. The van der Waals surface area contributed by atoms with E-state index in [-0.39, 0.29) is 17.1 Å². The van der Waals surface area contributed by atoms with Gasteiger partial charge in [-0.15, -0.1) is 0 Å². The summed E-state index contributed by atoms with van der Waals surface area (Å²) in [5, 5.41) is 3.16. The smallest absolute Gasteiger partial charge is 0.369 e. The molecular formula is C19H24F3N5. The van der Waals surface area contributed by atoms with Gasteiger partial charge in [-0.05, 0) is 39.1 Å². The summed E-state index contributed by atoms with van der Waals surface area (Å²) in [5.41, 5.74) is -0.441. The Labute approximate surface area is 157 Å². The first-order valence-electron chi connectivity index (χ1n) is 9.03. The van der Waals surface area contributed by atoms with Crippen molar-refractivity contribution < 1.29 is 13.2 Å². The second-order valence-electron chi connectivity index (χ2n) is 7.50. The van der Waals surface area contributed by atoms with Crippen molar-refractivity contribution in [2.45, 2.75) is 31.9 Å². The Bertz CT molecular complexity index is 756. The molecule has 3 rings (SSSR count). The van der Waals surface area contributed by atoms with E-state index in [1.54, 1.807) is 18.3 Å². The average Bonchev–Trinajstić information content (AvgIpc) is 3.08. The maximum absolute atomic E-state index is 13.3. The van der Waals surface area contributed by atoms with Gasteiger partial charge < -0.3 is 10.2 Å². The lowest BCUT2D eigenvalue weighted by Gasteiger charge is -2.32. The lowest BCUT2D eigenvalue weighted by Crippen LogP contribution is -2.37. The van der Waals surface area contributed by atoms with Crippen LogP contribution in [0.2, 0.25) is 0 Å². The molecule has 1 fully saturated rings. The van der Waals surface area contributed by atoms with Gasteiger partial charge in [-0.2, -0.15) is 13.2 Å². The van der Waals surface area contributed by atoms with Crippen molar-refractivity contribution >= 4 is 5.82 Å². The molecule has 1 aliphatic carbocycles. The van der Waals surface area contributed by atoms with E-state index in [0.29, 0.717) is 12.1 Å². The maximum atomic E-state index is 13.3. The highest BCUT2D eigenvalue weighted by molar-refractivity contribution is 5.56. The summed E-state index contributed by atoms with van der Waals surface area (Å²) in [6.45, 7) is 1.48. The van der Waals surface area contributed by atoms with Crippen LogP contribution in [0.25, 0.3) is 11.4 Å². The molecule has 146 valence electrons. The zero-order valence-corrected chi connectivity index (χ0v) is 15.6. The van der Waals surface area contributed by atoms with Crippen LogP contribution in [-0.4, -0.2) is 47.0 Å². The van der Waals surface area contributed by atoms with Crippen LogP contribution in [-0.2, 0) is 6.18 Å². The Morgan fingerprint density at radius 2 is 1.93 bits per heavy atom. The molecule has 0 unspecified atom stereocenters. The molecule has 1 aliphatic rings. The third-order valence-corrected chi connectivity index (χ3v) is 4.90. The Hall–Kier alpha value is -2.22. The van der Waals surface area contributed by atoms with Crippen molar-refractivity contribution in [3.8, 4) is 11.4 Å². The number of alkyl halides is 3. The number of nitrogens with zero attached hydrogens (tertiary/aromatic N) is 4. The molecule has 2 aromatic heterocycles. The van der Waals surface area contributed by atoms with E-state index in [1.165, 1.54) is 6.20 Å². The minimum Gasteiger partial charge on any atom is -0.369 e. The first-order chi connectivity index (χ1) is 12.8. The molecule has 0 spiro atoms. The van der Waals surface area contributed by atoms with Gasteiger partial charge in [0.05, 0.1) is 0 Å². The summed E-state index contributed by atoms with van der Waals surface area (Å²) in [7, 11) is 4.04. The summed E-state index contributed by atoms with van der Waals surface area (Å²) in [5.74, 6) is 0.217. The highest BCUT2D eigenvalue weighted by Gasteiger charge is 2.36. The first-order valence-corrected chi connectivity index (χ1v) is 9.03. The Morgan fingerprint density at radius 1 is 1.19 bits per heavy atom. The fraction of sp³-hybridized carbons (Fsp3) is 0.526. The molecule has 1 N–H and O–H groups in total.